The Balaban J connectivity index is 1.65. The lowest BCUT2D eigenvalue weighted by Crippen LogP contribution is -2.06. The second kappa shape index (κ2) is 7.84. The molecule has 1 aromatic heterocycles. The molecule has 0 aliphatic heterocycles. The summed E-state index contributed by atoms with van der Waals surface area (Å²) in [5.41, 5.74) is 2.67. The lowest BCUT2D eigenvalue weighted by Gasteiger charge is -2.13. The number of ether oxygens (including phenoxy) is 1. The van der Waals surface area contributed by atoms with Gasteiger partial charge in [-0.05, 0) is 42.5 Å². The lowest BCUT2D eigenvalue weighted by molar-refractivity contribution is 0.410. The molecule has 0 fully saturated rings. The van der Waals surface area contributed by atoms with Crippen molar-refractivity contribution in [3.8, 4) is 11.5 Å². The molecule has 0 bridgehead atoms. The van der Waals surface area contributed by atoms with E-state index >= 15 is 0 Å². The van der Waals surface area contributed by atoms with Crippen LogP contribution < -0.4 is 15.4 Å². The number of para-hydroxylation sites is 2. The fourth-order valence-electron chi connectivity index (χ4n) is 2.97. The summed E-state index contributed by atoms with van der Waals surface area (Å²) in [4.78, 5) is 9.25. The summed E-state index contributed by atoms with van der Waals surface area (Å²) in [7, 11) is 1.67. The van der Waals surface area contributed by atoms with Gasteiger partial charge in [0.05, 0.1) is 12.6 Å². The van der Waals surface area contributed by atoms with Crippen molar-refractivity contribution in [3.05, 3.63) is 78.4 Å². The molecule has 4 aromatic rings. The highest BCUT2D eigenvalue weighted by Gasteiger charge is 2.09. The van der Waals surface area contributed by atoms with Gasteiger partial charge >= 0.3 is 0 Å². The minimum Gasteiger partial charge on any atom is -0.508 e. The van der Waals surface area contributed by atoms with Crippen LogP contribution >= 0.6 is 0 Å². The number of methoxy groups -OCH3 is 1. The monoisotopic (exact) mass is 372 g/mol. The zero-order valence-corrected chi connectivity index (χ0v) is 15.4. The van der Waals surface area contributed by atoms with Gasteiger partial charge in [0.25, 0.3) is 0 Å². The Morgan fingerprint density at radius 2 is 1.64 bits per heavy atom. The Morgan fingerprint density at radius 1 is 0.893 bits per heavy atom. The number of hydrogen-bond donors (Lipinski definition) is 3. The maximum atomic E-state index is 9.45. The largest absolute Gasteiger partial charge is 0.508 e. The molecule has 28 heavy (non-hydrogen) atoms. The predicted molar refractivity (Wildman–Crippen MR) is 111 cm³/mol. The third-order valence-electron chi connectivity index (χ3n) is 4.37. The molecule has 6 nitrogen and oxygen atoms in total. The van der Waals surface area contributed by atoms with E-state index in [1.54, 1.807) is 31.4 Å². The molecule has 0 aliphatic carbocycles. The van der Waals surface area contributed by atoms with Crippen LogP contribution in [0, 0.1) is 0 Å². The van der Waals surface area contributed by atoms with Gasteiger partial charge in [-0.3, -0.25) is 0 Å². The van der Waals surface area contributed by atoms with E-state index in [9.17, 15) is 5.11 Å². The Hall–Kier alpha value is -3.80. The van der Waals surface area contributed by atoms with Gasteiger partial charge < -0.3 is 20.5 Å². The second-order valence-electron chi connectivity index (χ2n) is 6.25. The standard InChI is InChI=1S/C22H20N4O2/c1-28-20-9-5-2-6-15(20)14-23-21-18-7-3-4-8-19(18)25-22(26-21)24-16-10-12-17(27)13-11-16/h2-13,27H,14H2,1H3,(H2,23,24,25,26). The normalized spacial score (nSPS) is 10.6. The number of nitrogens with zero attached hydrogens (tertiary/aromatic N) is 2. The van der Waals surface area contributed by atoms with Gasteiger partial charge in [-0.25, -0.2) is 4.98 Å². The minimum atomic E-state index is 0.212. The highest BCUT2D eigenvalue weighted by atomic mass is 16.5. The zero-order valence-electron chi connectivity index (χ0n) is 15.4. The molecular weight excluding hydrogens is 352 g/mol. The van der Waals surface area contributed by atoms with Crippen molar-refractivity contribution in [2.75, 3.05) is 17.7 Å². The van der Waals surface area contributed by atoms with Crippen LogP contribution in [0.5, 0.6) is 11.5 Å². The molecule has 0 saturated carbocycles. The minimum absolute atomic E-state index is 0.212. The molecule has 4 rings (SSSR count). The number of anilines is 3. The molecule has 0 radical (unpaired) electrons. The number of rotatable bonds is 6. The topological polar surface area (TPSA) is 79.3 Å². The first-order valence-electron chi connectivity index (χ1n) is 8.91. The van der Waals surface area contributed by atoms with E-state index in [-0.39, 0.29) is 5.75 Å². The highest BCUT2D eigenvalue weighted by Crippen LogP contribution is 2.26. The van der Waals surface area contributed by atoms with Crippen LogP contribution in [0.15, 0.2) is 72.8 Å². The van der Waals surface area contributed by atoms with Crippen LogP contribution in [-0.4, -0.2) is 22.2 Å². The van der Waals surface area contributed by atoms with Crippen molar-refractivity contribution in [1.82, 2.24) is 9.97 Å². The maximum absolute atomic E-state index is 9.45. The summed E-state index contributed by atoms with van der Waals surface area (Å²) < 4.78 is 5.43. The third-order valence-corrected chi connectivity index (χ3v) is 4.37. The first-order chi connectivity index (χ1) is 13.7. The molecular formula is C22H20N4O2. The number of fused-ring (bicyclic) bond motifs is 1. The maximum Gasteiger partial charge on any atom is 0.229 e. The molecule has 140 valence electrons. The quantitative estimate of drug-likeness (QED) is 0.426. The number of aromatic hydroxyl groups is 1. The van der Waals surface area contributed by atoms with Gasteiger partial charge in [0.15, 0.2) is 0 Å². The molecule has 0 saturated heterocycles. The fraction of sp³-hybridized carbons (Fsp3) is 0.0909. The van der Waals surface area contributed by atoms with Crippen LogP contribution in [0.1, 0.15) is 5.56 Å². The Kier molecular flexibility index (Phi) is 4.93. The van der Waals surface area contributed by atoms with Gasteiger partial charge in [0.2, 0.25) is 5.95 Å². The molecule has 0 aliphatic rings. The van der Waals surface area contributed by atoms with E-state index in [0.29, 0.717) is 12.5 Å². The second-order valence-corrected chi connectivity index (χ2v) is 6.25. The van der Waals surface area contributed by atoms with Crippen LogP contribution in [0.4, 0.5) is 17.5 Å². The van der Waals surface area contributed by atoms with E-state index in [1.165, 1.54) is 0 Å². The van der Waals surface area contributed by atoms with Gasteiger partial charge in [0, 0.05) is 23.2 Å². The van der Waals surface area contributed by atoms with Crippen LogP contribution in [0.25, 0.3) is 10.9 Å². The molecule has 0 unspecified atom stereocenters. The molecule has 0 atom stereocenters. The first-order valence-corrected chi connectivity index (χ1v) is 8.91. The molecule has 3 aromatic carbocycles. The van der Waals surface area contributed by atoms with Crippen molar-refractivity contribution in [2.45, 2.75) is 6.54 Å². The van der Waals surface area contributed by atoms with Gasteiger partial charge in [-0.2, -0.15) is 4.98 Å². The fourth-order valence-corrected chi connectivity index (χ4v) is 2.97. The molecule has 6 heteroatoms. The first kappa shape index (κ1) is 17.6. The average molecular weight is 372 g/mol. The summed E-state index contributed by atoms with van der Waals surface area (Å²) in [6.45, 7) is 0.573. The summed E-state index contributed by atoms with van der Waals surface area (Å²) >= 11 is 0. The number of aromatic nitrogens is 2. The summed E-state index contributed by atoms with van der Waals surface area (Å²) in [6, 6.07) is 22.5. The number of nitrogens with one attached hydrogen (secondary N) is 2. The van der Waals surface area contributed by atoms with E-state index < -0.39 is 0 Å². The van der Waals surface area contributed by atoms with E-state index in [1.807, 2.05) is 48.5 Å². The summed E-state index contributed by atoms with van der Waals surface area (Å²) in [5, 5.41) is 17.0. The summed E-state index contributed by atoms with van der Waals surface area (Å²) in [6.07, 6.45) is 0. The molecule has 1 heterocycles. The molecule has 0 amide bonds. The van der Waals surface area contributed by atoms with Gasteiger partial charge in [0.1, 0.15) is 17.3 Å². The van der Waals surface area contributed by atoms with Crippen LogP contribution in [0.2, 0.25) is 0 Å². The lowest BCUT2D eigenvalue weighted by atomic mass is 10.2. The molecule has 3 N–H and O–H groups in total. The predicted octanol–water partition coefficient (Wildman–Crippen LogP) is 4.70. The third kappa shape index (κ3) is 3.81. The van der Waals surface area contributed by atoms with E-state index in [4.69, 9.17) is 4.74 Å². The van der Waals surface area contributed by atoms with Crippen molar-refractivity contribution in [2.24, 2.45) is 0 Å². The smallest absolute Gasteiger partial charge is 0.229 e. The van der Waals surface area contributed by atoms with Crippen molar-refractivity contribution >= 4 is 28.4 Å². The Morgan fingerprint density at radius 3 is 2.46 bits per heavy atom. The molecule has 0 spiro atoms. The van der Waals surface area contributed by atoms with Gasteiger partial charge in [-0.1, -0.05) is 30.3 Å². The van der Waals surface area contributed by atoms with Crippen molar-refractivity contribution < 1.29 is 9.84 Å². The summed E-state index contributed by atoms with van der Waals surface area (Å²) in [5.74, 6) is 2.25. The highest BCUT2D eigenvalue weighted by molar-refractivity contribution is 5.90. The van der Waals surface area contributed by atoms with Crippen molar-refractivity contribution in [3.63, 3.8) is 0 Å². The number of hydrogen-bond acceptors (Lipinski definition) is 6. The van der Waals surface area contributed by atoms with Crippen LogP contribution in [0.3, 0.4) is 0 Å². The zero-order chi connectivity index (χ0) is 19.3. The van der Waals surface area contributed by atoms with E-state index in [0.717, 1.165) is 33.7 Å². The number of phenolic OH excluding ortho intramolecular Hbond substituents is 1. The van der Waals surface area contributed by atoms with Gasteiger partial charge in [-0.15, -0.1) is 0 Å². The number of benzene rings is 3. The SMILES string of the molecule is COc1ccccc1CNc1nc(Nc2ccc(O)cc2)nc2ccccc12. The Bertz CT molecular complexity index is 1100. The van der Waals surface area contributed by atoms with Crippen molar-refractivity contribution in [1.29, 1.82) is 0 Å². The van der Waals surface area contributed by atoms with E-state index in [2.05, 4.69) is 20.6 Å². The average Bonchev–Trinajstić information content (AvgIpc) is 2.74. The van der Waals surface area contributed by atoms with Crippen LogP contribution in [-0.2, 0) is 6.54 Å². The number of phenols is 1. The Labute approximate surface area is 162 Å².